The Kier molecular flexibility index (Phi) is 50.2. The number of hydrogen-bond donors (Lipinski definition) is 9. The van der Waals surface area contributed by atoms with Crippen molar-refractivity contribution in [3.63, 3.8) is 0 Å². The van der Waals surface area contributed by atoms with Crippen LogP contribution in [0.2, 0.25) is 0 Å². The van der Waals surface area contributed by atoms with Crippen LogP contribution in [0.4, 0.5) is 0 Å². The molecule has 486 valence electrons. The van der Waals surface area contributed by atoms with Crippen molar-refractivity contribution in [3.05, 3.63) is 48.6 Å². The Morgan fingerprint density at radius 3 is 1.18 bits per heavy atom. The van der Waals surface area contributed by atoms with Crippen molar-refractivity contribution < 1.29 is 64.6 Å². The number of ether oxygens (including phenoxy) is 4. The van der Waals surface area contributed by atoms with Crippen molar-refractivity contribution in [2.24, 2.45) is 0 Å². The molecule has 0 saturated carbocycles. The third kappa shape index (κ3) is 38.8. The van der Waals surface area contributed by atoms with Gasteiger partial charge in [0.2, 0.25) is 5.91 Å². The molecule has 0 spiro atoms. The van der Waals surface area contributed by atoms with E-state index in [4.69, 9.17) is 18.9 Å². The van der Waals surface area contributed by atoms with E-state index >= 15 is 0 Å². The fraction of sp³-hybridized carbons (Fsp3) is 0.870. The van der Waals surface area contributed by atoms with Crippen LogP contribution in [0.1, 0.15) is 290 Å². The molecule has 2 rings (SSSR count). The molecular formula is C69H127NO13. The van der Waals surface area contributed by atoms with Crippen LogP contribution in [0, 0.1) is 0 Å². The Morgan fingerprint density at radius 2 is 0.771 bits per heavy atom. The highest BCUT2D eigenvalue weighted by molar-refractivity contribution is 5.76. The van der Waals surface area contributed by atoms with Crippen LogP contribution in [0.25, 0.3) is 0 Å². The fourth-order valence-corrected chi connectivity index (χ4v) is 11.2. The second kappa shape index (κ2) is 54.1. The second-order valence-electron chi connectivity index (χ2n) is 24.3. The monoisotopic (exact) mass is 1180 g/mol. The first-order valence-corrected chi connectivity index (χ1v) is 34.4. The Balaban J connectivity index is 1.67. The molecule has 0 bridgehead atoms. The van der Waals surface area contributed by atoms with Gasteiger partial charge in [0.15, 0.2) is 12.6 Å². The molecule has 2 saturated heterocycles. The summed E-state index contributed by atoms with van der Waals surface area (Å²) < 4.78 is 22.8. The summed E-state index contributed by atoms with van der Waals surface area (Å²) in [6, 6.07) is -0.938. The maximum atomic E-state index is 13.3. The van der Waals surface area contributed by atoms with Gasteiger partial charge in [0.05, 0.1) is 32.0 Å². The minimum atomic E-state index is -1.79. The largest absolute Gasteiger partial charge is 0.394 e. The van der Waals surface area contributed by atoms with E-state index in [1.165, 1.54) is 212 Å². The maximum absolute atomic E-state index is 13.3. The molecule has 0 aromatic rings. The lowest BCUT2D eigenvalue weighted by Crippen LogP contribution is -2.65. The van der Waals surface area contributed by atoms with Crippen LogP contribution in [-0.2, 0) is 23.7 Å². The number of aliphatic hydroxyl groups excluding tert-OH is 8. The van der Waals surface area contributed by atoms with Gasteiger partial charge in [-0.05, 0) is 70.6 Å². The summed E-state index contributed by atoms with van der Waals surface area (Å²) in [5.41, 5.74) is 0. The van der Waals surface area contributed by atoms with Crippen LogP contribution >= 0.6 is 0 Å². The smallest absolute Gasteiger partial charge is 0.220 e. The molecule has 0 aromatic carbocycles. The van der Waals surface area contributed by atoms with Crippen LogP contribution in [0.3, 0.4) is 0 Å². The van der Waals surface area contributed by atoms with E-state index in [1.54, 1.807) is 6.08 Å². The minimum Gasteiger partial charge on any atom is -0.394 e. The highest BCUT2D eigenvalue weighted by atomic mass is 16.7. The van der Waals surface area contributed by atoms with E-state index in [0.29, 0.717) is 12.8 Å². The van der Waals surface area contributed by atoms with Crippen molar-refractivity contribution in [3.8, 4) is 0 Å². The summed E-state index contributed by atoms with van der Waals surface area (Å²) in [6.45, 7) is 2.80. The average Bonchev–Trinajstić information content (AvgIpc) is 3.64. The van der Waals surface area contributed by atoms with Gasteiger partial charge in [-0.2, -0.15) is 0 Å². The van der Waals surface area contributed by atoms with Gasteiger partial charge in [0.25, 0.3) is 0 Å². The quantitative estimate of drug-likeness (QED) is 0.0204. The Bertz CT molecular complexity index is 1580. The Morgan fingerprint density at radius 1 is 0.422 bits per heavy atom. The average molecular weight is 1180 g/mol. The van der Waals surface area contributed by atoms with E-state index in [1.807, 2.05) is 6.08 Å². The number of rotatable bonds is 56. The molecule has 9 N–H and O–H groups in total. The number of nitrogens with one attached hydrogen (secondary N) is 1. The number of amides is 1. The molecule has 0 radical (unpaired) electrons. The summed E-state index contributed by atoms with van der Waals surface area (Å²) >= 11 is 0. The Hall–Kier alpha value is -2.05. The lowest BCUT2D eigenvalue weighted by Gasteiger charge is -2.46. The standard InChI is InChI=1S/C69H127NO13/c1-3-5-7-9-11-13-15-17-19-21-23-24-25-26-27-28-29-30-31-32-33-34-35-37-39-41-43-45-47-49-51-53-61(74)70-57(58(73)52-50-48-46-44-42-40-38-36-22-20-18-16-14-12-10-8-6-4-2)56-80-68-66(79)64(77)67(60(55-72)82-68)83-69-65(78)63(76)62(75)59(54-71)81-69/h21-23,36,42,44,50,52,57-60,62-69,71-73,75-79H,3-20,24-35,37-41,43,45-49,51,53-56H2,1-2H3,(H,70,74)/b23-21-,36-22+,44-42+,52-50+. The SMILES string of the molecule is CCCCCCCCCC/C=C\CCCCCCCCCCCCCCCCCCCCCC(=O)NC(COC1OC(CO)C(OC2OC(CO)C(O)C(O)C2O)C(O)C1O)C(O)/C=C/CC/C=C/CC/C=C/CCCCCCCCCC. The first-order chi connectivity index (χ1) is 40.6. The van der Waals surface area contributed by atoms with Gasteiger partial charge in [-0.1, -0.05) is 262 Å². The minimum absolute atomic E-state index is 0.249. The van der Waals surface area contributed by atoms with Gasteiger partial charge in [0, 0.05) is 6.42 Å². The summed E-state index contributed by atoms with van der Waals surface area (Å²) in [5.74, 6) is -0.249. The molecule has 14 nitrogen and oxygen atoms in total. The van der Waals surface area contributed by atoms with Crippen molar-refractivity contribution in [1.29, 1.82) is 0 Å². The molecule has 2 heterocycles. The van der Waals surface area contributed by atoms with Gasteiger partial charge in [0.1, 0.15) is 48.8 Å². The highest BCUT2D eigenvalue weighted by Gasteiger charge is 2.51. The van der Waals surface area contributed by atoms with E-state index in [9.17, 15) is 45.6 Å². The van der Waals surface area contributed by atoms with Gasteiger partial charge in [-0.3, -0.25) is 4.79 Å². The summed E-state index contributed by atoms with van der Waals surface area (Å²) in [7, 11) is 0. The lowest BCUT2D eigenvalue weighted by molar-refractivity contribution is -0.359. The molecule has 1 amide bonds. The van der Waals surface area contributed by atoms with Gasteiger partial charge in [-0.15, -0.1) is 0 Å². The predicted molar refractivity (Wildman–Crippen MR) is 337 cm³/mol. The molecule has 2 aliphatic heterocycles. The van der Waals surface area contributed by atoms with Crippen LogP contribution in [-0.4, -0.2) is 140 Å². The van der Waals surface area contributed by atoms with Gasteiger partial charge < -0.3 is 65.1 Å². The van der Waals surface area contributed by atoms with Crippen molar-refractivity contribution in [2.45, 2.75) is 364 Å². The van der Waals surface area contributed by atoms with Gasteiger partial charge in [-0.25, -0.2) is 0 Å². The molecular weight excluding hydrogens is 1050 g/mol. The summed E-state index contributed by atoms with van der Waals surface area (Å²) in [5, 5.41) is 87.3. The molecule has 83 heavy (non-hydrogen) atoms. The summed E-state index contributed by atoms with van der Waals surface area (Å²) in [4.78, 5) is 13.3. The molecule has 0 aliphatic carbocycles. The van der Waals surface area contributed by atoms with Crippen molar-refractivity contribution >= 4 is 5.91 Å². The van der Waals surface area contributed by atoms with E-state index < -0.39 is 86.8 Å². The zero-order valence-corrected chi connectivity index (χ0v) is 52.7. The predicted octanol–water partition coefficient (Wildman–Crippen LogP) is 13.5. The molecule has 0 aromatic heterocycles. The van der Waals surface area contributed by atoms with Gasteiger partial charge >= 0.3 is 0 Å². The normalized spacial score (nSPS) is 24.1. The zero-order valence-electron chi connectivity index (χ0n) is 52.7. The van der Waals surface area contributed by atoms with E-state index in [2.05, 4.69) is 55.6 Å². The van der Waals surface area contributed by atoms with Crippen molar-refractivity contribution in [2.75, 3.05) is 19.8 Å². The first kappa shape index (κ1) is 77.0. The molecule has 12 unspecified atom stereocenters. The Labute approximate surface area is 505 Å². The van der Waals surface area contributed by atoms with Crippen LogP contribution in [0.5, 0.6) is 0 Å². The number of hydrogen-bond acceptors (Lipinski definition) is 13. The van der Waals surface area contributed by atoms with Crippen LogP contribution < -0.4 is 5.32 Å². The maximum Gasteiger partial charge on any atom is 0.220 e. The zero-order chi connectivity index (χ0) is 60.2. The third-order valence-corrected chi connectivity index (χ3v) is 16.7. The molecule has 14 heteroatoms. The van der Waals surface area contributed by atoms with Crippen molar-refractivity contribution in [1.82, 2.24) is 5.32 Å². The summed E-state index contributed by atoms with van der Waals surface area (Å²) in [6.07, 6.45) is 53.2. The number of unbranched alkanes of at least 4 members (excludes halogenated alkanes) is 37. The number of allylic oxidation sites excluding steroid dienone is 7. The number of carbonyl (C=O) groups excluding carboxylic acids is 1. The number of carbonyl (C=O) groups is 1. The topological polar surface area (TPSA) is 228 Å². The lowest BCUT2D eigenvalue weighted by atomic mass is 9.97. The first-order valence-electron chi connectivity index (χ1n) is 34.4. The fourth-order valence-electron chi connectivity index (χ4n) is 11.2. The van der Waals surface area contributed by atoms with E-state index in [-0.39, 0.29) is 18.9 Å². The number of aliphatic hydroxyl groups is 8. The second-order valence-corrected chi connectivity index (χ2v) is 24.3. The van der Waals surface area contributed by atoms with Crippen LogP contribution in [0.15, 0.2) is 48.6 Å². The van der Waals surface area contributed by atoms with E-state index in [0.717, 1.165) is 44.9 Å². The third-order valence-electron chi connectivity index (χ3n) is 16.7. The molecule has 2 aliphatic rings. The molecule has 2 fully saturated rings. The highest BCUT2D eigenvalue weighted by Crippen LogP contribution is 2.30. The molecule has 12 atom stereocenters.